The van der Waals surface area contributed by atoms with Crippen molar-refractivity contribution in [2.24, 2.45) is 10.1 Å². The van der Waals surface area contributed by atoms with Gasteiger partial charge in [-0.25, -0.2) is 34.8 Å². The highest BCUT2D eigenvalue weighted by Crippen LogP contribution is 2.34. The van der Waals surface area contributed by atoms with Crippen molar-refractivity contribution < 1.29 is 63.4 Å². The minimum Gasteiger partial charge on any atom is -0.386 e. The maximum atomic E-state index is 13.2. The smallest absolute Gasteiger partial charge is 0.350 e. The Bertz CT molecular complexity index is 4230. The van der Waals surface area contributed by atoms with Gasteiger partial charge in [0, 0.05) is 106 Å². The third-order valence-corrected chi connectivity index (χ3v) is 27.1. The molecule has 4 saturated heterocycles. The SMILES string of the molecule is CC(C)(C#N)NC[C@H]1CN(S(=O)(=O)c2cccs2)CCN1c1ccc(C(C)(C)O)cc1.CC(C)(O)c1ccc(N2CCN(S(=O)(=O)c3cccs3)C[C@@H]2CN)cc1.CC(C)(O)c1ccc(N2CCN(S(=O)(=O)c3cccs3)C[C@@H]2CN2C(=O)NC(=O)C2(C)C)cc1.O=C=NS(=O)(=O)Cl. The minimum atomic E-state index is -4.00. The van der Waals surface area contributed by atoms with Crippen molar-refractivity contribution in [2.45, 2.75) is 128 Å². The van der Waals surface area contributed by atoms with Gasteiger partial charge in [-0.15, -0.1) is 34.0 Å². The molecule has 7 N–H and O–H groups in total. The summed E-state index contributed by atoms with van der Waals surface area (Å²) in [6.45, 7) is 21.9. The maximum Gasteiger partial charge on any atom is 0.350 e. The highest BCUT2D eigenvalue weighted by Gasteiger charge is 2.48. The van der Waals surface area contributed by atoms with E-state index in [9.17, 15) is 63.8 Å². The van der Waals surface area contributed by atoms with Crippen molar-refractivity contribution in [1.82, 2.24) is 28.4 Å². The molecule has 534 valence electrons. The minimum absolute atomic E-state index is 0.0912. The first-order chi connectivity index (χ1) is 45.5. The molecule has 6 aromatic rings. The number of anilines is 3. The number of isocyanates is 1. The summed E-state index contributed by atoms with van der Waals surface area (Å²) in [5.74, 6) is -0.377. The zero-order chi connectivity index (χ0) is 72.6. The summed E-state index contributed by atoms with van der Waals surface area (Å²) in [4.78, 5) is 41.8. The highest BCUT2D eigenvalue weighted by molar-refractivity contribution is 8.12. The second kappa shape index (κ2) is 31.7. The van der Waals surface area contributed by atoms with Gasteiger partial charge in [-0.1, -0.05) is 59.0 Å². The zero-order valence-corrected chi connectivity index (χ0v) is 62.5. The Kier molecular flexibility index (Phi) is 25.6. The van der Waals surface area contributed by atoms with Crippen LogP contribution in [0.1, 0.15) is 85.9 Å². The Labute approximate surface area is 591 Å². The largest absolute Gasteiger partial charge is 0.386 e. The molecule has 3 amide bonds. The van der Waals surface area contributed by atoms with E-state index < -0.39 is 73.2 Å². The predicted octanol–water partition coefficient (Wildman–Crippen LogP) is 6.55. The summed E-state index contributed by atoms with van der Waals surface area (Å²) in [5.41, 5.74) is 6.62. The zero-order valence-electron chi connectivity index (χ0n) is 56.0. The van der Waals surface area contributed by atoms with Gasteiger partial charge in [0.25, 0.3) is 42.1 Å². The Balaban J connectivity index is 0.000000198. The van der Waals surface area contributed by atoms with E-state index in [0.29, 0.717) is 73.9 Å². The number of benzene rings is 3. The van der Waals surface area contributed by atoms with Crippen molar-refractivity contribution in [3.63, 3.8) is 0 Å². The van der Waals surface area contributed by atoms with Gasteiger partial charge in [-0.05, 0) is 157 Å². The number of rotatable bonds is 19. The number of sulfonamides is 3. The summed E-state index contributed by atoms with van der Waals surface area (Å²) in [6.07, 6.45) is 0.763. The van der Waals surface area contributed by atoms with Gasteiger partial charge in [-0.3, -0.25) is 15.4 Å². The first-order valence-electron chi connectivity index (χ1n) is 31.0. The number of aliphatic hydroxyl groups is 3. The van der Waals surface area contributed by atoms with Gasteiger partial charge >= 0.3 is 15.3 Å². The fourth-order valence-electron chi connectivity index (χ4n) is 11.2. The van der Waals surface area contributed by atoms with Gasteiger partial charge in [0.05, 0.1) is 41.0 Å². The first kappa shape index (κ1) is 79.1. The fraction of sp³-hybridized carbons (Fsp3) is 0.469. The van der Waals surface area contributed by atoms with Gasteiger partial charge in [-0.2, -0.15) is 26.6 Å². The summed E-state index contributed by atoms with van der Waals surface area (Å²) in [5, 5.41) is 50.9. The predicted molar refractivity (Wildman–Crippen MR) is 382 cm³/mol. The number of nitrogens with zero attached hydrogens (tertiary/aromatic N) is 9. The molecule has 26 nitrogen and oxygen atoms in total. The standard InChI is InChI=1S/C23H30N4O5S2.C22H30N4O3S2.C18H25N3O3S2.CClNO3S/c1-22(2)20(28)24-21(29)27(22)15-18-14-25(34(31,32)19-6-5-13-33-19)11-12-26(18)17-9-7-16(8-10-17)23(3,4)30;1-21(2,16-23)24-14-19-15-25(31(28,29)20-6-5-13-30-20)11-12-26(19)18-9-7-17(8-10-18)22(3,4)27;1-18(2,22)14-5-7-15(8-6-14)21-10-9-20(13-16(21)12-19)26(23,24)17-4-3-11-25-17;2-7(5,6)3-1-4/h5-10,13,18,30H,11-12,14-15H2,1-4H3,(H,24,28,29);5-10,13,19,24,27H,11-12,14-15H2,1-4H3;3-8,11,16,22H,9-10,12-13,19H2,1-2H3;/t18-;19-;16-;/m100./s1. The van der Waals surface area contributed by atoms with Crippen molar-refractivity contribution >= 4 is 119 Å². The number of carbonyl (C=O) groups excluding carboxylic acids is 3. The van der Waals surface area contributed by atoms with Crippen LogP contribution in [-0.4, -0.2) is 193 Å². The van der Waals surface area contributed by atoms with Crippen LogP contribution in [0.25, 0.3) is 0 Å². The van der Waals surface area contributed by atoms with Gasteiger partial charge in [0.15, 0.2) is 0 Å². The molecule has 0 bridgehead atoms. The van der Waals surface area contributed by atoms with E-state index in [1.165, 1.54) is 51.8 Å². The number of nitrogens with one attached hydrogen (secondary N) is 2. The molecule has 4 aliphatic heterocycles. The molecule has 34 heteroatoms. The average Bonchev–Trinajstić information content (AvgIpc) is 1.41. The van der Waals surface area contributed by atoms with Crippen LogP contribution in [-0.2, 0) is 65.7 Å². The molecular weight excluding hydrogens is 1420 g/mol. The van der Waals surface area contributed by atoms with E-state index in [4.69, 9.17) is 10.5 Å². The lowest BCUT2D eigenvalue weighted by Crippen LogP contribution is -2.60. The Hall–Kier alpha value is -6.26. The quantitative estimate of drug-likeness (QED) is 0.0216. The number of hydrogen-bond acceptors (Lipinski definition) is 23. The highest BCUT2D eigenvalue weighted by atomic mass is 35.7. The molecule has 0 saturated carbocycles. The number of thiophene rings is 3. The number of halogens is 1. The maximum absolute atomic E-state index is 13.2. The lowest BCUT2D eigenvalue weighted by atomic mass is 9.97. The summed E-state index contributed by atoms with van der Waals surface area (Å²) < 4.78 is 105. The molecule has 0 spiro atoms. The van der Waals surface area contributed by atoms with Crippen LogP contribution in [0.2, 0.25) is 0 Å². The molecule has 0 aliphatic carbocycles. The number of nitriles is 1. The molecule has 0 unspecified atom stereocenters. The fourth-order valence-corrected chi connectivity index (χ4v) is 19.2. The second-order valence-electron chi connectivity index (χ2n) is 26.1. The summed E-state index contributed by atoms with van der Waals surface area (Å²) >= 11 is 3.63. The number of urea groups is 1. The number of amides is 3. The topological polar surface area (TPSA) is 357 Å². The van der Waals surface area contributed by atoms with Crippen molar-refractivity contribution in [3.05, 3.63) is 142 Å². The Morgan fingerprint density at radius 2 is 0.918 bits per heavy atom. The molecule has 3 atom stereocenters. The molecule has 7 heterocycles. The number of carbonyl (C=O) groups is 2. The van der Waals surface area contributed by atoms with Crippen LogP contribution < -0.4 is 31.1 Å². The van der Waals surface area contributed by atoms with Crippen LogP contribution in [0, 0.1) is 11.3 Å². The van der Waals surface area contributed by atoms with Crippen LogP contribution >= 0.6 is 44.7 Å². The number of nitrogens with two attached hydrogens (primary N) is 1. The van der Waals surface area contributed by atoms with E-state index in [-0.39, 0.29) is 41.3 Å². The van der Waals surface area contributed by atoms with E-state index in [1.807, 2.05) is 72.8 Å². The number of hydrogen-bond donors (Lipinski definition) is 6. The molecule has 3 aromatic carbocycles. The molecule has 4 aliphatic rings. The Morgan fingerprint density at radius 1 is 0.582 bits per heavy atom. The van der Waals surface area contributed by atoms with Gasteiger partial charge < -0.3 is 40.7 Å². The summed E-state index contributed by atoms with van der Waals surface area (Å²) in [7, 11) is -10.3. The van der Waals surface area contributed by atoms with E-state index >= 15 is 0 Å². The van der Waals surface area contributed by atoms with Crippen molar-refractivity contribution in [2.75, 3.05) is 93.2 Å². The first-order valence-corrected chi connectivity index (χ1v) is 40.2. The average molecular weight is 1510 g/mol. The van der Waals surface area contributed by atoms with Crippen LogP contribution in [0.15, 0.2) is 142 Å². The van der Waals surface area contributed by atoms with Crippen molar-refractivity contribution in [1.29, 1.82) is 5.26 Å². The second-order valence-corrected chi connectivity index (χ2v) is 37.6. The van der Waals surface area contributed by atoms with Crippen molar-refractivity contribution in [3.8, 4) is 6.07 Å². The van der Waals surface area contributed by atoms with Crippen LogP contribution in [0.3, 0.4) is 0 Å². The molecule has 3 aromatic heterocycles. The molecule has 98 heavy (non-hydrogen) atoms. The molecule has 4 fully saturated rings. The third-order valence-electron chi connectivity index (χ3n) is 16.9. The lowest BCUT2D eigenvalue weighted by molar-refractivity contribution is -0.125. The third kappa shape index (κ3) is 19.8. The molecule has 0 radical (unpaired) electrons. The number of piperazine rings is 3. The van der Waals surface area contributed by atoms with Crippen LogP contribution in [0.4, 0.5) is 21.9 Å². The van der Waals surface area contributed by atoms with E-state index in [2.05, 4.69) is 46.5 Å². The van der Waals surface area contributed by atoms with E-state index in [1.54, 1.807) is 122 Å². The van der Waals surface area contributed by atoms with Gasteiger partial charge in [0.2, 0.25) is 0 Å². The monoisotopic (exact) mass is 1500 g/mol. The van der Waals surface area contributed by atoms with Gasteiger partial charge in [0.1, 0.15) is 23.7 Å². The summed E-state index contributed by atoms with van der Waals surface area (Å²) in [6, 6.07) is 34.1. The number of imide groups is 1. The van der Waals surface area contributed by atoms with Crippen LogP contribution in [0.5, 0.6) is 0 Å². The van der Waals surface area contributed by atoms with E-state index in [0.717, 1.165) is 39.8 Å². The normalized spacial score (nSPS) is 19.4. The molecular formula is C64H85ClN12O14S7. The Morgan fingerprint density at radius 3 is 1.19 bits per heavy atom. The molecule has 10 rings (SSSR count). The lowest BCUT2D eigenvalue weighted by Gasteiger charge is -2.44.